The van der Waals surface area contributed by atoms with E-state index in [-0.39, 0.29) is 11.4 Å². The summed E-state index contributed by atoms with van der Waals surface area (Å²) in [4.78, 5) is 20.9. The summed E-state index contributed by atoms with van der Waals surface area (Å²) >= 11 is 0. The van der Waals surface area contributed by atoms with E-state index < -0.39 is 15.5 Å². The maximum absolute atomic E-state index is 11.4. The minimum atomic E-state index is -0.688. The zero-order valence-corrected chi connectivity index (χ0v) is 16.7. The first-order valence-electron chi connectivity index (χ1n) is 9.36. The molecule has 0 amide bonds. The van der Waals surface area contributed by atoms with Crippen LogP contribution in [0.1, 0.15) is 24.2 Å². The standard InChI is InChI=1S/C20H18N4O7/c1-29-18-9-12-17(10-19(18)30-2)31-16-5-3-4-14(20(12)16)22-21-13-7-6-11(23(25)26)8-15(13)24(27)28/h6-10,21H,3-5H2,1-2H3/b22-14+. The molecule has 0 unspecified atom stereocenters. The topological polar surface area (TPSA) is 142 Å². The first-order valence-corrected chi connectivity index (χ1v) is 9.36. The molecule has 1 aliphatic carbocycles. The van der Waals surface area contributed by atoms with Gasteiger partial charge in [-0.05, 0) is 25.0 Å². The van der Waals surface area contributed by atoms with Gasteiger partial charge in [0.2, 0.25) is 0 Å². The van der Waals surface area contributed by atoms with Crippen molar-refractivity contribution in [2.24, 2.45) is 5.10 Å². The summed E-state index contributed by atoms with van der Waals surface area (Å²) in [5.74, 6) is 1.84. The molecule has 3 aromatic rings. The summed E-state index contributed by atoms with van der Waals surface area (Å²) < 4.78 is 16.7. The number of nitrogens with zero attached hydrogens (tertiary/aromatic N) is 3. The van der Waals surface area contributed by atoms with Crippen LogP contribution in [0.3, 0.4) is 0 Å². The molecule has 4 rings (SSSR count). The van der Waals surface area contributed by atoms with Gasteiger partial charge < -0.3 is 13.9 Å². The predicted octanol–water partition coefficient (Wildman–Crippen LogP) is 4.42. The molecule has 0 spiro atoms. The van der Waals surface area contributed by atoms with Crippen molar-refractivity contribution >= 4 is 33.7 Å². The zero-order valence-electron chi connectivity index (χ0n) is 16.7. The van der Waals surface area contributed by atoms with Gasteiger partial charge in [-0.25, -0.2) is 0 Å². The molecule has 0 radical (unpaired) electrons. The average Bonchev–Trinajstić information content (AvgIpc) is 3.14. The lowest BCUT2D eigenvalue weighted by molar-refractivity contribution is -0.393. The van der Waals surface area contributed by atoms with Gasteiger partial charge in [0.1, 0.15) is 17.0 Å². The Morgan fingerprint density at radius 1 is 1.03 bits per heavy atom. The molecule has 1 N–H and O–H groups in total. The first-order chi connectivity index (χ1) is 14.9. The number of hydrazone groups is 1. The van der Waals surface area contributed by atoms with E-state index in [0.717, 1.165) is 35.6 Å². The number of fused-ring (bicyclic) bond motifs is 3. The van der Waals surface area contributed by atoms with Gasteiger partial charge in [-0.2, -0.15) is 5.10 Å². The largest absolute Gasteiger partial charge is 0.493 e. The molecule has 31 heavy (non-hydrogen) atoms. The lowest BCUT2D eigenvalue weighted by Crippen LogP contribution is -2.12. The Morgan fingerprint density at radius 2 is 1.77 bits per heavy atom. The van der Waals surface area contributed by atoms with Crippen molar-refractivity contribution in [3.8, 4) is 11.5 Å². The molecule has 0 fully saturated rings. The van der Waals surface area contributed by atoms with E-state index in [1.54, 1.807) is 20.3 Å². The summed E-state index contributed by atoms with van der Waals surface area (Å²) in [5, 5.41) is 27.5. The van der Waals surface area contributed by atoms with Crippen molar-refractivity contribution in [3.05, 3.63) is 61.9 Å². The van der Waals surface area contributed by atoms with Gasteiger partial charge in [0, 0.05) is 29.5 Å². The minimum absolute atomic E-state index is 0.0577. The molecule has 0 aliphatic heterocycles. The fraction of sp³-hybridized carbons (Fsp3) is 0.250. The van der Waals surface area contributed by atoms with E-state index in [0.29, 0.717) is 29.2 Å². The molecular formula is C20H18N4O7. The number of nitro groups is 2. The van der Waals surface area contributed by atoms with Gasteiger partial charge >= 0.3 is 5.69 Å². The van der Waals surface area contributed by atoms with Crippen LogP contribution in [0.4, 0.5) is 17.1 Å². The number of aryl methyl sites for hydroxylation is 1. The first kappa shape index (κ1) is 20.1. The van der Waals surface area contributed by atoms with Crippen LogP contribution in [0.5, 0.6) is 11.5 Å². The number of nitro benzene ring substituents is 2. The maximum Gasteiger partial charge on any atom is 0.301 e. The number of rotatable bonds is 6. The maximum atomic E-state index is 11.4. The molecule has 0 bridgehead atoms. The molecule has 160 valence electrons. The lowest BCUT2D eigenvalue weighted by Gasteiger charge is -2.14. The van der Waals surface area contributed by atoms with E-state index in [9.17, 15) is 20.2 Å². The number of hydrogen-bond donors (Lipinski definition) is 1. The third-order valence-corrected chi connectivity index (χ3v) is 5.07. The van der Waals surface area contributed by atoms with Crippen molar-refractivity contribution in [2.75, 3.05) is 19.6 Å². The van der Waals surface area contributed by atoms with Crippen molar-refractivity contribution in [1.29, 1.82) is 0 Å². The Labute approximate surface area is 175 Å². The van der Waals surface area contributed by atoms with Crippen LogP contribution >= 0.6 is 0 Å². The van der Waals surface area contributed by atoms with Gasteiger partial charge in [-0.3, -0.25) is 25.7 Å². The van der Waals surface area contributed by atoms with E-state index in [1.807, 2.05) is 6.07 Å². The number of hydrogen-bond acceptors (Lipinski definition) is 9. The summed E-state index contributed by atoms with van der Waals surface area (Å²) in [5.41, 5.74) is 4.05. The van der Waals surface area contributed by atoms with Crippen LogP contribution in [0.15, 0.2) is 39.9 Å². The Morgan fingerprint density at radius 3 is 2.45 bits per heavy atom. The fourth-order valence-corrected chi connectivity index (χ4v) is 3.63. The van der Waals surface area contributed by atoms with Crippen LogP contribution in [-0.2, 0) is 6.42 Å². The number of anilines is 1. The monoisotopic (exact) mass is 426 g/mol. The summed E-state index contributed by atoms with van der Waals surface area (Å²) in [6, 6.07) is 6.92. The van der Waals surface area contributed by atoms with Gasteiger partial charge in [0.15, 0.2) is 11.5 Å². The lowest BCUT2D eigenvalue weighted by atomic mass is 9.94. The second-order valence-corrected chi connectivity index (χ2v) is 6.84. The number of furan rings is 1. The van der Waals surface area contributed by atoms with Gasteiger partial charge in [0.05, 0.1) is 35.8 Å². The third kappa shape index (κ3) is 3.61. The smallest absolute Gasteiger partial charge is 0.301 e. The van der Waals surface area contributed by atoms with E-state index in [2.05, 4.69) is 10.5 Å². The van der Waals surface area contributed by atoms with Gasteiger partial charge in [0.25, 0.3) is 5.69 Å². The number of methoxy groups -OCH3 is 2. The van der Waals surface area contributed by atoms with Crippen LogP contribution < -0.4 is 14.9 Å². The molecule has 0 atom stereocenters. The fourth-order valence-electron chi connectivity index (χ4n) is 3.63. The second-order valence-electron chi connectivity index (χ2n) is 6.84. The van der Waals surface area contributed by atoms with E-state index in [1.165, 1.54) is 12.1 Å². The van der Waals surface area contributed by atoms with Crippen LogP contribution in [-0.4, -0.2) is 29.8 Å². The molecule has 1 aliphatic rings. The molecule has 0 saturated carbocycles. The summed E-state index contributed by atoms with van der Waals surface area (Å²) in [6.45, 7) is 0. The highest BCUT2D eigenvalue weighted by Crippen LogP contribution is 2.39. The molecule has 2 aromatic carbocycles. The SMILES string of the molecule is COc1cc2oc3c(c2cc1OC)/C(=N/Nc1ccc([N+](=O)[O-])cc1[N+](=O)[O-])CCC3. The number of non-ortho nitro benzene ring substituents is 1. The molecule has 11 heteroatoms. The second kappa shape index (κ2) is 7.94. The summed E-state index contributed by atoms with van der Waals surface area (Å²) in [7, 11) is 3.08. The molecule has 0 saturated heterocycles. The average molecular weight is 426 g/mol. The van der Waals surface area contributed by atoms with Crippen molar-refractivity contribution in [2.45, 2.75) is 19.3 Å². The highest BCUT2D eigenvalue weighted by molar-refractivity contribution is 6.12. The van der Waals surface area contributed by atoms with Crippen LogP contribution in [0.25, 0.3) is 11.0 Å². The normalized spacial score (nSPS) is 14.3. The Kier molecular flexibility index (Phi) is 5.15. The van der Waals surface area contributed by atoms with Crippen molar-refractivity contribution < 1.29 is 23.7 Å². The van der Waals surface area contributed by atoms with Crippen LogP contribution in [0, 0.1) is 20.2 Å². The number of nitrogens with one attached hydrogen (secondary N) is 1. The molecule has 11 nitrogen and oxygen atoms in total. The number of benzene rings is 2. The quantitative estimate of drug-likeness (QED) is 0.451. The zero-order chi connectivity index (χ0) is 22.1. The number of ether oxygens (including phenoxy) is 2. The molecule has 1 aromatic heterocycles. The van der Waals surface area contributed by atoms with E-state index in [4.69, 9.17) is 13.9 Å². The molecular weight excluding hydrogens is 408 g/mol. The highest BCUT2D eigenvalue weighted by atomic mass is 16.6. The third-order valence-electron chi connectivity index (χ3n) is 5.07. The highest BCUT2D eigenvalue weighted by Gasteiger charge is 2.26. The van der Waals surface area contributed by atoms with Gasteiger partial charge in [-0.15, -0.1) is 0 Å². The van der Waals surface area contributed by atoms with Crippen molar-refractivity contribution in [1.82, 2.24) is 0 Å². The van der Waals surface area contributed by atoms with Crippen LogP contribution in [0.2, 0.25) is 0 Å². The van der Waals surface area contributed by atoms with Gasteiger partial charge in [-0.1, -0.05) is 0 Å². The van der Waals surface area contributed by atoms with Crippen molar-refractivity contribution in [3.63, 3.8) is 0 Å². The molecule has 1 heterocycles. The van der Waals surface area contributed by atoms with E-state index >= 15 is 0 Å². The Balaban J connectivity index is 1.76. The Hall–Kier alpha value is -4.15. The predicted molar refractivity (Wildman–Crippen MR) is 112 cm³/mol. The Bertz CT molecular complexity index is 1230. The minimum Gasteiger partial charge on any atom is -0.493 e. The summed E-state index contributed by atoms with van der Waals surface area (Å²) in [6.07, 6.45) is 2.15.